The van der Waals surface area contributed by atoms with Crippen LogP contribution < -0.4 is 9.47 Å². The Bertz CT molecular complexity index is 1480. The van der Waals surface area contributed by atoms with Crippen LogP contribution in [0.5, 0.6) is 11.5 Å². The predicted molar refractivity (Wildman–Crippen MR) is 142 cm³/mol. The summed E-state index contributed by atoms with van der Waals surface area (Å²) >= 11 is 7.25. The number of hydrogen-bond donors (Lipinski definition) is 1. The standard InChI is InChI=1S/C27H22ClNO9S/c1-3-36-21-11-16(10-19(28)23(21)37-14-15-5-4-6-17(9-15)25(31)32)12-22-24(30)29(27(34)39-22)13-18-7-8-20(38-18)26(33)35-2/h4-12H,3,13-14H2,1-2H3,(H,31,32)/b22-12+. The first-order valence-electron chi connectivity index (χ1n) is 11.5. The first-order chi connectivity index (χ1) is 18.7. The number of hydrogen-bond acceptors (Lipinski definition) is 9. The lowest BCUT2D eigenvalue weighted by molar-refractivity contribution is -0.123. The number of benzene rings is 2. The van der Waals surface area contributed by atoms with Gasteiger partial charge < -0.3 is 23.7 Å². The topological polar surface area (TPSA) is 133 Å². The molecular weight excluding hydrogens is 550 g/mol. The van der Waals surface area contributed by atoms with Crippen LogP contribution in [0.2, 0.25) is 5.02 Å². The zero-order valence-corrected chi connectivity index (χ0v) is 22.3. The van der Waals surface area contributed by atoms with Crippen LogP contribution in [-0.4, -0.2) is 46.8 Å². The van der Waals surface area contributed by atoms with Crippen molar-refractivity contribution in [1.29, 1.82) is 0 Å². The number of esters is 1. The fourth-order valence-corrected chi connectivity index (χ4v) is 4.75. The van der Waals surface area contributed by atoms with Crippen molar-refractivity contribution in [1.82, 2.24) is 4.90 Å². The molecule has 4 rings (SSSR count). The Kier molecular flexibility index (Phi) is 8.62. The highest BCUT2D eigenvalue weighted by Gasteiger charge is 2.36. The molecule has 1 fully saturated rings. The summed E-state index contributed by atoms with van der Waals surface area (Å²) < 4.78 is 21.5. The number of carbonyl (C=O) groups is 4. The van der Waals surface area contributed by atoms with E-state index in [1.807, 2.05) is 0 Å². The highest BCUT2D eigenvalue weighted by atomic mass is 35.5. The average molecular weight is 572 g/mol. The van der Waals surface area contributed by atoms with Crippen molar-refractivity contribution in [3.8, 4) is 11.5 Å². The fraction of sp³-hybridized carbons (Fsp3) is 0.185. The summed E-state index contributed by atoms with van der Waals surface area (Å²) in [5, 5.41) is 8.90. The van der Waals surface area contributed by atoms with E-state index in [0.717, 1.165) is 16.7 Å². The lowest BCUT2D eigenvalue weighted by Crippen LogP contribution is -2.27. The molecule has 1 N–H and O–H groups in total. The highest BCUT2D eigenvalue weighted by Crippen LogP contribution is 2.40. The van der Waals surface area contributed by atoms with Gasteiger partial charge >= 0.3 is 11.9 Å². The van der Waals surface area contributed by atoms with Crippen molar-refractivity contribution in [2.24, 2.45) is 0 Å². The molecule has 39 heavy (non-hydrogen) atoms. The number of carboxylic acids is 1. The molecule has 12 heteroatoms. The molecule has 0 radical (unpaired) electrons. The quantitative estimate of drug-likeness (QED) is 0.241. The molecule has 0 atom stereocenters. The fourth-order valence-electron chi connectivity index (χ4n) is 3.64. The third kappa shape index (κ3) is 6.44. The van der Waals surface area contributed by atoms with Gasteiger partial charge in [0.15, 0.2) is 11.5 Å². The first kappa shape index (κ1) is 27.8. The summed E-state index contributed by atoms with van der Waals surface area (Å²) in [6, 6.07) is 12.4. The molecule has 0 unspecified atom stereocenters. The maximum Gasteiger partial charge on any atom is 0.373 e. The number of imide groups is 1. The van der Waals surface area contributed by atoms with Crippen LogP contribution in [-0.2, 0) is 22.7 Å². The van der Waals surface area contributed by atoms with Crippen molar-refractivity contribution in [2.75, 3.05) is 13.7 Å². The smallest absolute Gasteiger partial charge is 0.373 e. The minimum atomic E-state index is -1.05. The Morgan fingerprint density at radius 1 is 1.13 bits per heavy atom. The summed E-state index contributed by atoms with van der Waals surface area (Å²) in [4.78, 5) is 49.5. The number of ether oxygens (including phenoxy) is 3. The molecule has 0 bridgehead atoms. The van der Waals surface area contributed by atoms with E-state index in [-0.39, 0.29) is 45.9 Å². The molecule has 1 aromatic heterocycles. The van der Waals surface area contributed by atoms with Gasteiger partial charge in [-0.3, -0.25) is 14.5 Å². The number of nitrogens with zero attached hydrogens (tertiary/aromatic N) is 1. The number of methoxy groups -OCH3 is 1. The SMILES string of the molecule is CCOc1cc(/C=C2/SC(=O)N(Cc3ccc(C(=O)OC)o3)C2=O)cc(Cl)c1OCc1cccc(C(=O)O)c1. The third-order valence-corrected chi connectivity index (χ3v) is 6.61. The van der Waals surface area contributed by atoms with Gasteiger partial charge in [-0.25, -0.2) is 9.59 Å². The summed E-state index contributed by atoms with van der Waals surface area (Å²) in [7, 11) is 1.22. The van der Waals surface area contributed by atoms with Crippen molar-refractivity contribution in [3.05, 3.63) is 86.7 Å². The van der Waals surface area contributed by atoms with E-state index in [9.17, 15) is 24.3 Å². The third-order valence-electron chi connectivity index (χ3n) is 5.42. The minimum absolute atomic E-state index is 0.0370. The van der Waals surface area contributed by atoms with E-state index in [4.69, 9.17) is 25.5 Å². The number of thioether (sulfide) groups is 1. The summed E-state index contributed by atoms with van der Waals surface area (Å²) in [5.74, 6) is -1.47. The monoisotopic (exact) mass is 571 g/mol. The van der Waals surface area contributed by atoms with Gasteiger partial charge in [-0.1, -0.05) is 23.7 Å². The van der Waals surface area contributed by atoms with Gasteiger partial charge in [0.05, 0.1) is 35.8 Å². The van der Waals surface area contributed by atoms with Gasteiger partial charge in [-0.05, 0) is 72.3 Å². The van der Waals surface area contributed by atoms with E-state index in [1.165, 1.54) is 37.5 Å². The Balaban J connectivity index is 1.53. The average Bonchev–Trinajstić information content (AvgIpc) is 3.48. The first-order valence-corrected chi connectivity index (χ1v) is 12.7. The zero-order valence-electron chi connectivity index (χ0n) is 20.8. The van der Waals surface area contributed by atoms with Crippen LogP contribution in [0.25, 0.3) is 6.08 Å². The molecule has 0 aliphatic carbocycles. The van der Waals surface area contributed by atoms with Gasteiger partial charge in [0.2, 0.25) is 5.76 Å². The molecule has 1 saturated heterocycles. The van der Waals surface area contributed by atoms with E-state index < -0.39 is 23.1 Å². The maximum atomic E-state index is 13.0. The maximum absolute atomic E-state index is 13.0. The second-order valence-electron chi connectivity index (χ2n) is 8.08. The number of rotatable bonds is 10. The van der Waals surface area contributed by atoms with Gasteiger partial charge in [0.1, 0.15) is 12.4 Å². The van der Waals surface area contributed by atoms with E-state index in [2.05, 4.69) is 4.74 Å². The van der Waals surface area contributed by atoms with Crippen LogP contribution in [0.15, 0.2) is 57.9 Å². The molecule has 0 saturated carbocycles. The van der Waals surface area contributed by atoms with Crippen molar-refractivity contribution < 1.29 is 42.9 Å². The van der Waals surface area contributed by atoms with E-state index >= 15 is 0 Å². The predicted octanol–water partition coefficient (Wildman–Crippen LogP) is 5.63. The lowest BCUT2D eigenvalue weighted by atomic mass is 10.1. The summed E-state index contributed by atoms with van der Waals surface area (Å²) in [6.07, 6.45) is 1.52. The summed E-state index contributed by atoms with van der Waals surface area (Å²) in [6.45, 7) is 1.98. The number of carbonyl (C=O) groups excluding carboxylic acids is 3. The number of carboxylic acid groups (broad SMARTS) is 1. The van der Waals surface area contributed by atoms with Gasteiger partial charge in [-0.15, -0.1) is 0 Å². The van der Waals surface area contributed by atoms with Crippen LogP contribution >= 0.6 is 23.4 Å². The molecular formula is C27H22ClNO9S. The number of aromatic carboxylic acids is 1. The second kappa shape index (κ2) is 12.1. The molecule has 3 aromatic rings. The Labute approximate surface area is 232 Å². The zero-order chi connectivity index (χ0) is 28.1. The molecule has 2 amide bonds. The molecule has 0 spiro atoms. The minimum Gasteiger partial charge on any atom is -0.490 e. The van der Waals surface area contributed by atoms with Crippen LogP contribution in [0, 0.1) is 0 Å². The van der Waals surface area contributed by atoms with Gasteiger partial charge in [0.25, 0.3) is 11.1 Å². The molecule has 10 nitrogen and oxygen atoms in total. The number of halogens is 1. The molecule has 2 heterocycles. The van der Waals surface area contributed by atoms with Gasteiger partial charge in [-0.2, -0.15) is 0 Å². The van der Waals surface area contributed by atoms with Gasteiger partial charge in [0, 0.05) is 0 Å². The second-order valence-corrected chi connectivity index (χ2v) is 9.48. The molecule has 2 aromatic carbocycles. The molecule has 202 valence electrons. The van der Waals surface area contributed by atoms with Crippen molar-refractivity contribution in [2.45, 2.75) is 20.1 Å². The largest absolute Gasteiger partial charge is 0.490 e. The molecule has 1 aliphatic heterocycles. The highest BCUT2D eigenvalue weighted by molar-refractivity contribution is 8.18. The summed E-state index contributed by atoms with van der Waals surface area (Å²) in [5.41, 5.74) is 1.26. The van der Waals surface area contributed by atoms with E-state index in [0.29, 0.717) is 23.5 Å². The van der Waals surface area contributed by atoms with Crippen molar-refractivity contribution in [3.63, 3.8) is 0 Å². The Morgan fingerprint density at radius 3 is 2.64 bits per heavy atom. The van der Waals surface area contributed by atoms with Crippen LogP contribution in [0.3, 0.4) is 0 Å². The van der Waals surface area contributed by atoms with Crippen LogP contribution in [0.1, 0.15) is 44.7 Å². The Morgan fingerprint density at radius 2 is 1.92 bits per heavy atom. The number of furan rings is 1. The van der Waals surface area contributed by atoms with Crippen molar-refractivity contribution >= 4 is 52.5 Å². The van der Waals surface area contributed by atoms with Crippen LogP contribution in [0.4, 0.5) is 4.79 Å². The van der Waals surface area contributed by atoms with E-state index in [1.54, 1.807) is 31.2 Å². The Hall–Kier alpha value is -4.22. The number of amides is 2. The lowest BCUT2D eigenvalue weighted by Gasteiger charge is -2.15. The molecule has 1 aliphatic rings. The normalized spacial score (nSPS) is 14.1.